The van der Waals surface area contributed by atoms with Crippen molar-refractivity contribution in [1.82, 2.24) is 24.8 Å². The van der Waals surface area contributed by atoms with Crippen LogP contribution in [0.5, 0.6) is 0 Å². The van der Waals surface area contributed by atoms with Gasteiger partial charge in [-0.25, -0.2) is 13.8 Å². The van der Waals surface area contributed by atoms with E-state index in [0.717, 1.165) is 54.0 Å². The van der Waals surface area contributed by atoms with E-state index in [1.807, 2.05) is 18.2 Å². The molecule has 3 heterocycles. The molecular weight excluding hydrogens is 542 g/mol. The summed E-state index contributed by atoms with van der Waals surface area (Å²) >= 11 is 0. The number of aromatic nitrogens is 3. The van der Waals surface area contributed by atoms with Crippen molar-refractivity contribution < 1.29 is 18.7 Å². The predicted octanol–water partition coefficient (Wildman–Crippen LogP) is 2.94. The molecule has 1 fully saturated rings. The number of amides is 1. The fourth-order valence-electron chi connectivity index (χ4n) is 4.89. The van der Waals surface area contributed by atoms with Crippen molar-refractivity contribution in [3.05, 3.63) is 99.6 Å². The van der Waals surface area contributed by atoms with E-state index < -0.39 is 35.7 Å². The topological polar surface area (TPSA) is 112 Å². The molecule has 1 aliphatic heterocycles. The van der Waals surface area contributed by atoms with Crippen LogP contribution in [0.4, 0.5) is 14.6 Å². The standard InChI is InChI=1S/C31H30F2N6O3/c1-38-14-10-22(11-15-38)36-29-18-35-26-9-6-20(16-27(26)37-29)4-2-12-34-30(41)23-5-3-13-39(31(23)42)28(19-40)21-7-8-24(32)25(33)17-21/h3,5-9,13,16-18,22,28,40H,10-12,14-15,19H2,1H3,(H,34,41)(H,36,37)/t28-/m0/s1. The van der Waals surface area contributed by atoms with E-state index in [0.29, 0.717) is 17.1 Å². The summed E-state index contributed by atoms with van der Waals surface area (Å²) in [6, 6.07) is 10.8. The molecule has 1 amide bonds. The Morgan fingerprint density at radius 3 is 2.69 bits per heavy atom. The predicted molar refractivity (Wildman–Crippen MR) is 155 cm³/mol. The van der Waals surface area contributed by atoms with Crippen LogP contribution in [0, 0.1) is 23.5 Å². The van der Waals surface area contributed by atoms with Crippen LogP contribution in [-0.4, -0.2) is 69.8 Å². The van der Waals surface area contributed by atoms with Gasteiger partial charge in [0.25, 0.3) is 11.5 Å². The van der Waals surface area contributed by atoms with E-state index in [1.54, 1.807) is 6.20 Å². The maximum atomic E-state index is 13.8. The van der Waals surface area contributed by atoms with Crippen molar-refractivity contribution in [3.63, 3.8) is 0 Å². The van der Waals surface area contributed by atoms with Crippen molar-refractivity contribution in [3.8, 4) is 11.8 Å². The zero-order valence-corrected chi connectivity index (χ0v) is 23.0. The van der Waals surface area contributed by atoms with Gasteiger partial charge in [0.2, 0.25) is 0 Å². The molecule has 2 aromatic heterocycles. The number of carbonyl (C=O) groups excluding carboxylic acids is 1. The fourth-order valence-corrected chi connectivity index (χ4v) is 4.89. The molecule has 1 saturated heterocycles. The highest BCUT2D eigenvalue weighted by Gasteiger charge is 2.20. The summed E-state index contributed by atoms with van der Waals surface area (Å²) in [7, 11) is 2.12. The van der Waals surface area contributed by atoms with Crippen LogP contribution < -0.4 is 16.2 Å². The third-order valence-electron chi connectivity index (χ3n) is 7.24. The fraction of sp³-hybridized carbons (Fsp3) is 0.290. The lowest BCUT2D eigenvalue weighted by Crippen LogP contribution is -2.36. The summed E-state index contributed by atoms with van der Waals surface area (Å²) in [6.45, 7) is 1.49. The maximum Gasteiger partial charge on any atom is 0.264 e. The highest BCUT2D eigenvalue weighted by Crippen LogP contribution is 2.20. The Labute approximate surface area is 241 Å². The smallest absolute Gasteiger partial charge is 0.264 e. The number of pyridine rings is 1. The lowest BCUT2D eigenvalue weighted by atomic mass is 10.1. The van der Waals surface area contributed by atoms with Gasteiger partial charge in [-0.05, 0) is 81.0 Å². The number of aliphatic hydroxyl groups is 1. The Kier molecular flexibility index (Phi) is 8.85. The van der Waals surface area contributed by atoms with Gasteiger partial charge in [-0.1, -0.05) is 17.9 Å². The molecule has 3 N–H and O–H groups in total. The first kappa shape index (κ1) is 28.9. The average Bonchev–Trinajstić information content (AvgIpc) is 2.99. The van der Waals surface area contributed by atoms with Crippen LogP contribution >= 0.6 is 0 Å². The highest BCUT2D eigenvalue weighted by atomic mass is 19.2. The Balaban J connectivity index is 1.24. The van der Waals surface area contributed by atoms with E-state index in [9.17, 15) is 23.5 Å². The van der Waals surface area contributed by atoms with Gasteiger partial charge in [0.1, 0.15) is 11.4 Å². The second-order valence-corrected chi connectivity index (χ2v) is 10.2. The molecule has 42 heavy (non-hydrogen) atoms. The lowest BCUT2D eigenvalue weighted by molar-refractivity contribution is 0.0956. The quantitative estimate of drug-likeness (QED) is 0.292. The minimum Gasteiger partial charge on any atom is -0.394 e. The van der Waals surface area contributed by atoms with Crippen LogP contribution in [0.1, 0.15) is 40.4 Å². The molecule has 1 aliphatic rings. The van der Waals surface area contributed by atoms with E-state index in [-0.39, 0.29) is 17.7 Å². The number of halogens is 2. The first-order valence-electron chi connectivity index (χ1n) is 13.6. The Hall–Kier alpha value is -4.66. The monoisotopic (exact) mass is 572 g/mol. The van der Waals surface area contributed by atoms with Crippen molar-refractivity contribution >= 4 is 22.8 Å². The number of nitrogens with zero attached hydrogens (tertiary/aromatic N) is 4. The molecule has 0 aliphatic carbocycles. The van der Waals surface area contributed by atoms with Gasteiger partial charge >= 0.3 is 0 Å². The van der Waals surface area contributed by atoms with Gasteiger partial charge in [0.05, 0.1) is 36.4 Å². The summed E-state index contributed by atoms with van der Waals surface area (Å²) < 4.78 is 28.2. The summed E-state index contributed by atoms with van der Waals surface area (Å²) in [4.78, 5) is 37.3. The lowest BCUT2D eigenvalue weighted by Gasteiger charge is -2.29. The molecule has 9 nitrogen and oxygen atoms in total. The van der Waals surface area contributed by atoms with Gasteiger partial charge in [-0.2, -0.15) is 0 Å². The molecular formula is C31H30F2N6O3. The SMILES string of the molecule is CN1CCC(Nc2cnc3ccc(C#CCNC(=O)c4cccn([C@@H](CO)c5ccc(F)c(F)c5)c4=O)cc3n2)CC1. The Morgan fingerprint density at radius 1 is 1.12 bits per heavy atom. The zero-order valence-electron chi connectivity index (χ0n) is 23.0. The number of hydrogen-bond donors (Lipinski definition) is 3. The number of fused-ring (bicyclic) bond motifs is 1. The van der Waals surface area contributed by atoms with Crippen LogP contribution in [-0.2, 0) is 0 Å². The van der Waals surface area contributed by atoms with Gasteiger partial charge < -0.3 is 25.2 Å². The normalized spacial score (nSPS) is 14.7. The van der Waals surface area contributed by atoms with Crippen LogP contribution in [0.2, 0.25) is 0 Å². The molecule has 4 aromatic rings. The van der Waals surface area contributed by atoms with Crippen LogP contribution in [0.25, 0.3) is 11.0 Å². The first-order valence-corrected chi connectivity index (χ1v) is 13.6. The number of hydrogen-bond acceptors (Lipinski definition) is 7. The molecule has 0 saturated carbocycles. The Morgan fingerprint density at radius 2 is 1.93 bits per heavy atom. The summed E-state index contributed by atoms with van der Waals surface area (Å²) in [5.74, 6) is 3.79. The number of piperidine rings is 1. The van der Waals surface area contributed by atoms with E-state index in [4.69, 9.17) is 4.98 Å². The molecule has 0 bridgehead atoms. The average molecular weight is 573 g/mol. The second-order valence-electron chi connectivity index (χ2n) is 10.2. The van der Waals surface area contributed by atoms with Crippen molar-refractivity contribution in [1.29, 1.82) is 0 Å². The second kappa shape index (κ2) is 12.9. The van der Waals surface area contributed by atoms with E-state index in [2.05, 4.69) is 39.4 Å². The van der Waals surface area contributed by atoms with Crippen LogP contribution in [0.15, 0.2) is 65.7 Å². The number of nitrogens with one attached hydrogen (secondary N) is 2. The number of aliphatic hydroxyl groups excluding tert-OH is 1. The summed E-state index contributed by atoms with van der Waals surface area (Å²) in [5.41, 5.74) is 1.46. The molecule has 5 rings (SSSR count). The molecule has 1 atom stereocenters. The molecule has 0 radical (unpaired) electrons. The van der Waals surface area contributed by atoms with Gasteiger partial charge in [-0.3, -0.25) is 14.6 Å². The molecule has 2 aromatic carbocycles. The van der Waals surface area contributed by atoms with E-state index >= 15 is 0 Å². The number of carbonyl (C=O) groups is 1. The number of anilines is 1. The van der Waals surface area contributed by atoms with Gasteiger partial charge in [0.15, 0.2) is 11.6 Å². The third kappa shape index (κ3) is 6.62. The zero-order chi connectivity index (χ0) is 29.6. The maximum absolute atomic E-state index is 13.8. The van der Waals surface area contributed by atoms with Crippen LogP contribution in [0.3, 0.4) is 0 Å². The van der Waals surface area contributed by atoms with E-state index in [1.165, 1.54) is 24.4 Å². The summed E-state index contributed by atoms with van der Waals surface area (Å²) in [6.07, 6.45) is 5.19. The first-order chi connectivity index (χ1) is 20.3. The molecule has 216 valence electrons. The van der Waals surface area contributed by atoms with Gasteiger partial charge in [0, 0.05) is 17.8 Å². The highest BCUT2D eigenvalue weighted by molar-refractivity contribution is 5.94. The molecule has 0 unspecified atom stereocenters. The summed E-state index contributed by atoms with van der Waals surface area (Å²) in [5, 5.41) is 16.0. The van der Waals surface area contributed by atoms with Gasteiger partial charge in [-0.15, -0.1) is 0 Å². The number of likely N-dealkylation sites (tertiary alicyclic amines) is 1. The Bertz CT molecular complexity index is 1720. The minimum atomic E-state index is -1.10. The van der Waals surface area contributed by atoms with Crippen molar-refractivity contribution in [2.24, 2.45) is 0 Å². The number of benzene rings is 2. The largest absolute Gasteiger partial charge is 0.394 e. The third-order valence-corrected chi connectivity index (χ3v) is 7.24. The molecule has 11 heteroatoms. The van der Waals surface area contributed by atoms with Crippen molar-refractivity contribution in [2.45, 2.75) is 24.9 Å². The molecule has 0 spiro atoms. The van der Waals surface area contributed by atoms with Crippen molar-refractivity contribution in [2.75, 3.05) is 38.6 Å². The minimum absolute atomic E-state index is 0.0266. The number of rotatable bonds is 7.